The maximum absolute atomic E-state index is 13.8. The second kappa shape index (κ2) is 62.1. The van der Waals surface area contributed by atoms with E-state index in [1.54, 1.807) is 26.8 Å². The molecule has 72 heavy (non-hydrogen) atoms. The summed E-state index contributed by atoms with van der Waals surface area (Å²) >= 11 is -2.64. The van der Waals surface area contributed by atoms with Crippen LogP contribution in [0.15, 0.2) is 0 Å². The molecule has 0 aromatic rings. The van der Waals surface area contributed by atoms with E-state index in [0.29, 0.717) is 31.3 Å². The van der Waals surface area contributed by atoms with Gasteiger partial charge in [-0.3, -0.25) is 0 Å². The van der Waals surface area contributed by atoms with Crippen LogP contribution in [0.2, 0.25) is 0 Å². The third-order valence-electron chi connectivity index (χ3n) is 14.2. The van der Waals surface area contributed by atoms with E-state index in [0.717, 1.165) is 57.8 Å². The van der Waals surface area contributed by atoms with Gasteiger partial charge in [-0.2, -0.15) is 0 Å². The van der Waals surface area contributed by atoms with Crippen molar-refractivity contribution in [3.8, 4) is 0 Å². The summed E-state index contributed by atoms with van der Waals surface area (Å²) in [5.74, 6) is 0.159. The van der Waals surface area contributed by atoms with Crippen molar-refractivity contribution < 1.29 is 28.6 Å². The molecule has 0 fully saturated rings. The quantitative estimate of drug-likeness (QED) is 0.0256. The molecule has 0 saturated heterocycles. The summed E-state index contributed by atoms with van der Waals surface area (Å²) in [4.78, 5) is 39.9. The fraction of sp³-hybridized carbons (Fsp3) is 0.952. The van der Waals surface area contributed by atoms with E-state index in [4.69, 9.17) is 14.2 Å². The number of unbranched alkanes of at least 4 members (excludes halogenated alkanes) is 44. The summed E-state index contributed by atoms with van der Waals surface area (Å²) in [5.41, 5.74) is 0. The van der Waals surface area contributed by atoms with Gasteiger partial charge in [0.15, 0.2) is 0 Å². The van der Waals surface area contributed by atoms with Crippen LogP contribution in [-0.4, -0.2) is 70.1 Å². The third-order valence-corrected chi connectivity index (χ3v) is 40.3. The van der Waals surface area contributed by atoms with Crippen molar-refractivity contribution in [1.29, 1.82) is 0 Å². The minimum atomic E-state index is -2.64. The molecule has 0 N–H and O–H groups in total. The molecule has 0 aromatic heterocycles. The number of hydrogen-bond acceptors (Lipinski definition) is 9. The molecule has 0 bridgehead atoms. The van der Waals surface area contributed by atoms with Gasteiger partial charge in [-0.05, 0) is 0 Å². The average Bonchev–Trinajstić information content (AvgIpc) is 3.38. The molecule has 0 heterocycles. The van der Waals surface area contributed by atoms with Gasteiger partial charge in [0.2, 0.25) is 0 Å². The molecule has 0 aliphatic carbocycles. The van der Waals surface area contributed by atoms with E-state index in [2.05, 4.69) is 27.7 Å². The fourth-order valence-corrected chi connectivity index (χ4v) is 34.5. The van der Waals surface area contributed by atoms with Crippen molar-refractivity contribution in [3.63, 3.8) is 0 Å². The van der Waals surface area contributed by atoms with Crippen LogP contribution in [0.1, 0.15) is 342 Å². The van der Waals surface area contributed by atoms with Gasteiger partial charge in [0, 0.05) is 0 Å². The van der Waals surface area contributed by atoms with Crippen LogP contribution < -0.4 is 0 Å². The van der Waals surface area contributed by atoms with E-state index < -0.39 is 15.6 Å². The maximum atomic E-state index is 13.8. The Labute approximate surface area is 464 Å². The number of ether oxygens (including phenoxy) is 3. The Bertz CT molecular complexity index is 1070. The Morgan fingerprint density at radius 3 is 0.792 bits per heavy atom. The molecule has 0 amide bonds. The average molecular weight is 1180 g/mol. The van der Waals surface area contributed by atoms with Gasteiger partial charge >= 0.3 is 312 Å². The van der Waals surface area contributed by atoms with E-state index in [1.807, 2.05) is 0 Å². The molecule has 1 unspecified atom stereocenters. The molecule has 1 atom stereocenters. The minimum absolute atomic E-state index is 0.0942. The van der Waals surface area contributed by atoms with Gasteiger partial charge in [0.25, 0.3) is 0 Å². The zero-order chi connectivity index (χ0) is 52.3. The summed E-state index contributed by atoms with van der Waals surface area (Å²) in [5, 5.41) is -0.240. The molecule has 0 aromatic carbocycles. The summed E-state index contributed by atoms with van der Waals surface area (Å²) in [6, 6.07) is 0. The van der Waals surface area contributed by atoms with Gasteiger partial charge < -0.3 is 0 Å². The Morgan fingerprint density at radius 2 is 0.528 bits per heavy atom. The van der Waals surface area contributed by atoms with Crippen LogP contribution in [0.3, 0.4) is 0 Å². The van der Waals surface area contributed by atoms with Crippen LogP contribution in [0.4, 0.5) is 0 Å². The Morgan fingerprint density at radius 1 is 0.306 bits per heavy atom. The molecule has 0 aliphatic rings. The third kappa shape index (κ3) is 56.5. The second-order valence-electron chi connectivity index (χ2n) is 21.4. The zero-order valence-corrected chi connectivity index (χ0v) is 53.7. The zero-order valence-electron chi connectivity index (χ0n) is 48.4. The molecule has 0 rings (SSSR count). The first-order valence-electron chi connectivity index (χ1n) is 31.7. The van der Waals surface area contributed by atoms with Gasteiger partial charge in [-0.25, -0.2) is 0 Å². The van der Waals surface area contributed by atoms with Gasteiger partial charge in [0.05, 0.1) is 0 Å². The first-order chi connectivity index (χ1) is 35.5. The molecule has 1 radical (unpaired) electrons. The molecule has 6 nitrogen and oxygen atoms in total. The Balaban J connectivity index is 4.95. The molecule has 0 aliphatic heterocycles. The molecule has 0 spiro atoms. The minimum Gasteiger partial charge on any atom is -0.0654 e. The van der Waals surface area contributed by atoms with Crippen LogP contribution in [-0.2, 0) is 28.6 Å². The van der Waals surface area contributed by atoms with E-state index >= 15 is 0 Å². The normalized spacial score (nSPS) is 12.0. The fourth-order valence-electron chi connectivity index (χ4n) is 9.41. The number of carbonyl (C=O) groups excluding carboxylic acids is 3. The smallest absolute Gasteiger partial charge is 0.0654 e. The van der Waals surface area contributed by atoms with Crippen molar-refractivity contribution >= 4 is 60.4 Å². The van der Waals surface area contributed by atoms with Gasteiger partial charge in [-0.1, -0.05) is 156 Å². The van der Waals surface area contributed by atoms with Crippen molar-refractivity contribution in [2.45, 2.75) is 348 Å². The predicted molar refractivity (Wildman–Crippen MR) is 324 cm³/mol. The van der Waals surface area contributed by atoms with Crippen molar-refractivity contribution in [1.82, 2.24) is 0 Å². The number of rotatable bonds is 61. The standard InChI is InChI=1S/C26H52O2S.2C18H36O2S.Sn/c1-3-5-7-9-11-12-13-14-15-16-17-18-20-22-24-28-26(27)25(29)23-21-19-10-8-6-4-2;2*1-2-3-4-5-6-7-8-9-10-11-12-13-14-15-16-20-18(19)17-21;/h25,29H,3-24H2,1-2H3;2*21H,2-17H2,1H3;/q;;;+3/p-3. The second-order valence-corrected chi connectivity index (χ2v) is 45.2. The monoisotopic (exact) mass is 1180 g/mol. The van der Waals surface area contributed by atoms with Crippen molar-refractivity contribution in [3.05, 3.63) is 0 Å². The van der Waals surface area contributed by atoms with Crippen LogP contribution in [0.25, 0.3) is 0 Å². The predicted octanol–water partition coefficient (Wildman–Crippen LogP) is 21.4. The van der Waals surface area contributed by atoms with Gasteiger partial charge in [0.1, 0.15) is 0 Å². The summed E-state index contributed by atoms with van der Waals surface area (Å²) < 4.78 is 17.5. The van der Waals surface area contributed by atoms with Gasteiger partial charge in [-0.15, -0.1) is 0 Å². The molecule has 10 heteroatoms. The summed E-state index contributed by atoms with van der Waals surface area (Å²) in [6.45, 7) is 10.5. The van der Waals surface area contributed by atoms with Crippen LogP contribution in [0.5, 0.6) is 0 Å². The molecule has 0 saturated carbocycles. The van der Waals surface area contributed by atoms with Crippen molar-refractivity contribution in [2.24, 2.45) is 0 Å². The number of esters is 3. The first-order valence-corrected chi connectivity index (χ1v) is 45.1. The van der Waals surface area contributed by atoms with E-state index in [9.17, 15) is 14.4 Å². The summed E-state index contributed by atoms with van der Waals surface area (Å²) in [7, 11) is 5.14. The number of hydrogen-bond donors (Lipinski definition) is 0. The van der Waals surface area contributed by atoms with E-state index in [1.165, 1.54) is 257 Å². The Hall–Kier alpha value is 0.259. The summed E-state index contributed by atoms with van der Waals surface area (Å²) in [6.07, 6.45) is 62.6. The molecular formula is C62H121O6S3Sn. The first kappa shape index (κ1) is 72.3. The SMILES string of the molecule is CCCCCCCCCCCCCCCCOC(=O)C[S][Sn]([S]CC(=O)OCCCCCCCCCCCCCCCC)[S]C(CCCCCCCC)C(=O)OCCCCCCCCCCCCCCCC. The molecular weight excluding hydrogens is 1060 g/mol. The van der Waals surface area contributed by atoms with E-state index in [-0.39, 0.29) is 23.2 Å². The van der Waals surface area contributed by atoms with Crippen LogP contribution >= 0.6 is 26.8 Å². The van der Waals surface area contributed by atoms with Crippen LogP contribution in [0, 0.1) is 0 Å². The topological polar surface area (TPSA) is 78.9 Å². The number of carbonyl (C=O) groups is 3. The molecule has 427 valence electrons. The Kier molecular flexibility index (Phi) is 62.3. The van der Waals surface area contributed by atoms with Crippen molar-refractivity contribution in [2.75, 3.05) is 31.3 Å².